The van der Waals surface area contributed by atoms with Gasteiger partial charge >= 0.3 is 6.09 Å². The summed E-state index contributed by atoms with van der Waals surface area (Å²) in [6, 6.07) is 12.2. The predicted octanol–water partition coefficient (Wildman–Crippen LogP) is 3.90. The van der Waals surface area contributed by atoms with Gasteiger partial charge in [0.15, 0.2) is 5.03 Å². The molecule has 2 aromatic carbocycles. The number of amides is 1. The van der Waals surface area contributed by atoms with E-state index in [1.165, 1.54) is 33.5 Å². The number of hydrogen-bond donors (Lipinski definition) is 1. The largest absolute Gasteiger partial charge is 0.444 e. The summed E-state index contributed by atoms with van der Waals surface area (Å²) in [6.45, 7) is 5.48. The molecular weight excluding hydrogens is 514 g/mol. The molecule has 0 unspecified atom stereocenters. The second-order valence-corrected chi connectivity index (χ2v) is 13.4. The Kier molecular flexibility index (Phi) is 6.64. The third kappa shape index (κ3) is 5.04. The van der Waals surface area contributed by atoms with Crippen LogP contribution in [0.3, 0.4) is 0 Å². The molecule has 3 aromatic rings. The minimum atomic E-state index is -4.25. The number of fused-ring (bicyclic) bond motifs is 1. The zero-order valence-electron chi connectivity index (χ0n) is 19.5. The average Bonchev–Trinajstić information content (AvgIpc) is 3.19. The fraction of sp³-hybridized carbons (Fsp3) is 0.348. The van der Waals surface area contributed by atoms with Crippen LogP contribution in [0.25, 0.3) is 10.9 Å². The first-order valence-electron chi connectivity index (χ1n) is 10.9. The van der Waals surface area contributed by atoms with Crippen molar-refractivity contribution in [3.63, 3.8) is 0 Å². The summed E-state index contributed by atoms with van der Waals surface area (Å²) in [4.78, 5) is 16.2. The zero-order chi connectivity index (χ0) is 25.6. The monoisotopic (exact) mass is 539 g/mol. The summed E-state index contributed by atoms with van der Waals surface area (Å²) in [5.41, 5.74) is -0.298. The second kappa shape index (κ2) is 9.12. The number of sulfone groups is 1. The van der Waals surface area contributed by atoms with E-state index in [9.17, 15) is 21.6 Å². The molecule has 0 spiro atoms. The molecule has 1 amide bonds. The maximum Gasteiger partial charge on any atom is 0.410 e. The lowest BCUT2D eigenvalue weighted by Gasteiger charge is -2.34. The van der Waals surface area contributed by atoms with Crippen molar-refractivity contribution in [3.8, 4) is 0 Å². The molecule has 188 valence electrons. The lowest BCUT2D eigenvalue weighted by molar-refractivity contribution is 0.0192. The van der Waals surface area contributed by atoms with E-state index < -0.39 is 36.6 Å². The van der Waals surface area contributed by atoms with Gasteiger partial charge in [-0.3, -0.25) is 0 Å². The minimum Gasteiger partial charge on any atom is -0.444 e. The van der Waals surface area contributed by atoms with Crippen molar-refractivity contribution in [2.24, 2.45) is 0 Å². The standard InChI is InChI=1S/C23H26ClN3O6S2/c1-23(2,3)33-22(28)26-11-13-27(14-12-26)35(31,32)21-20(18-9-4-5-10-19(18)25-21)34(29,30)17-8-6-7-16(24)15-17/h4-10,15,25H,11-14H2,1-3H3. The zero-order valence-corrected chi connectivity index (χ0v) is 21.9. The fourth-order valence-corrected chi connectivity index (χ4v) is 7.78. The topological polar surface area (TPSA) is 117 Å². The highest BCUT2D eigenvalue weighted by atomic mass is 35.5. The molecule has 1 N–H and O–H groups in total. The van der Waals surface area contributed by atoms with Gasteiger partial charge in [0.25, 0.3) is 10.0 Å². The molecule has 1 aromatic heterocycles. The quantitative estimate of drug-likeness (QED) is 0.537. The van der Waals surface area contributed by atoms with E-state index in [-0.39, 0.29) is 46.4 Å². The van der Waals surface area contributed by atoms with Gasteiger partial charge in [0, 0.05) is 42.1 Å². The smallest absolute Gasteiger partial charge is 0.410 e. The van der Waals surface area contributed by atoms with E-state index >= 15 is 0 Å². The predicted molar refractivity (Wildman–Crippen MR) is 132 cm³/mol. The van der Waals surface area contributed by atoms with E-state index in [0.717, 1.165) is 0 Å². The van der Waals surface area contributed by atoms with Gasteiger partial charge in [-0.2, -0.15) is 4.31 Å². The first kappa shape index (κ1) is 25.5. The summed E-state index contributed by atoms with van der Waals surface area (Å²) in [7, 11) is -8.50. The van der Waals surface area contributed by atoms with Gasteiger partial charge in [0.2, 0.25) is 9.84 Å². The number of rotatable bonds is 4. The number of benzene rings is 2. The van der Waals surface area contributed by atoms with Gasteiger partial charge < -0.3 is 14.6 Å². The molecule has 35 heavy (non-hydrogen) atoms. The van der Waals surface area contributed by atoms with Crippen LogP contribution >= 0.6 is 11.6 Å². The molecule has 0 aliphatic carbocycles. The Hall–Kier alpha value is -2.60. The number of ether oxygens (including phenoxy) is 1. The number of carbonyl (C=O) groups is 1. The van der Waals surface area contributed by atoms with E-state index in [4.69, 9.17) is 16.3 Å². The lowest BCUT2D eigenvalue weighted by atomic mass is 10.2. The summed E-state index contributed by atoms with van der Waals surface area (Å²) in [5, 5.41) is 0.0661. The van der Waals surface area contributed by atoms with Crippen LogP contribution in [0.15, 0.2) is 63.3 Å². The van der Waals surface area contributed by atoms with Gasteiger partial charge in [0.05, 0.1) is 4.90 Å². The van der Waals surface area contributed by atoms with Gasteiger partial charge in [-0.25, -0.2) is 21.6 Å². The van der Waals surface area contributed by atoms with Gasteiger partial charge in [-0.1, -0.05) is 35.9 Å². The number of nitrogens with zero attached hydrogens (tertiary/aromatic N) is 2. The van der Waals surface area contributed by atoms with Crippen LogP contribution in [-0.4, -0.2) is 68.9 Å². The van der Waals surface area contributed by atoms with Crippen LogP contribution in [0.2, 0.25) is 5.02 Å². The molecular formula is C23H26ClN3O6S2. The van der Waals surface area contributed by atoms with E-state index in [2.05, 4.69) is 4.98 Å². The van der Waals surface area contributed by atoms with Crippen molar-refractivity contribution < 1.29 is 26.4 Å². The molecule has 2 heterocycles. The third-order valence-electron chi connectivity index (χ3n) is 5.49. The first-order valence-corrected chi connectivity index (χ1v) is 14.2. The Morgan fingerprint density at radius 3 is 2.26 bits per heavy atom. The highest BCUT2D eigenvalue weighted by Gasteiger charge is 2.38. The first-order chi connectivity index (χ1) is 16.3. The van der Waals surface area contributed by atoms with Crippen LogP contribution in [0, 0.1) is 0 Å². The molecule has 0 radical (unpaired) electrons. The van der Waals surface area contributed by atoms with Crippen LogP contribution in [0.4, 0.5) is 4.79 Å². The summed E-state index contributed by atoms with van der Waals surface area (Å²) in [5.74, 6) is 0. The number of piperazine rings is 1. The van der Waals surface area contributed by atoms with Gasteiger partial charge in [0.1, 0.15) is 10.5 Å². The number of aromatic nitrogens is 1. The summed E-state index contributed by atoms with van der Waals surface area (Å²) in [6.07, 6.45) is -0.524. The van der Waals surface area contributed by atoms with Crippen molar-refractivity contribution in [1.82, 2.24) is 14.2 Å². The van der Waals surface area contributed by atoms with E-state index in [1.54, 1.807) is 45.0 Å². The van der Waals surface area contributed by atoms with Crippen molar-refractivity contribution in [2.45, 2.75) is 41.2 Å². The normalized spacial score (nSPS) is 15.9. The van der Waals surface area contributed by atoms with Crippen LogP contribution in [-0.2, 0) is 24.6 Å². The number of halogens is 1. The molecule has 0 saturated carbocycles. The number of carbonyl (C=O) groups excluding carboxylic acids is 1. The van der Waals surface area contributed by atoms with Crippen LogP contribution < -0.4 is 0 Å². The molecule has 0 bridgehead atoms. The van der Waals surface area contributed by atoms with Crippen molar-refractivity contribution in [2.75, 3.05) is 26.2 Å². The SMILES string of the molecule is CC(C)(C)OC(=O)N1CCN(S(=O)(=O)c2[nH]c3ccccc3c2S(=O)(=O)c2cccc(Cl)c2)CC1. The highest BCUT2D eigenvalue weighted by Crippen LogP contribution is 2.36. The summed E-state index contributed by atoms with van der Waals surface area (Å²) >= 11 is 6.02. The number of aromatic amines is 1. The highest BCUT2D eigenvalue weighted by molar-refractivity contribution is 7.93. The molecule has 1 aliphatic heterocycles. The maximum atomic E-state index is 13.7. The Morgan fingerprint density at radius 2 is 1.63 bits per heavy atom. The molecule has 4 rings (SSSR count). The molecule has 0 atom stereocenters. The van der Waals surface area contributed by atoms with Crippen LogP contribution in [0.5, 0.6) is 0 Å². The lowest BCUT2D eigenvalue weighted by Crippen LogP contribution is -2.51. The number of sulfonamides is 1. The molecule has 9 nitrogen and oxygen atoms in total. The average molecular weight is 540 g/mol. The third-order valence-corrected chi connectivity index (χ3v) is 9.56. The molecule has 1 fully saturated rings. The number of H-pyrrole nitrogens is 1. The van der Waals surface area contributed by atoms with Crippen molar-refractivity contribution in [1.29, 1.82) is 0 Å². The Bertz CT molecular complexity index is 1480. The number of para-hydroxylation sites is 1. The second-order valence-electron chi connectivity index (χ2n) is 9.16. The fourth-order valence-electron chi connectivity index (χ4n) is 3.86. The van der Waals surface area contributed by atoms with Gasteiger partial charge in [-0.05, 0) is 45.0 Å². The van der Waals surface area contributed by atoms with Crippen molar-refractivity contribution in [3.05, 3.63) is 53.6 Å². The Labute approximate surface area is 209 Å². The summed E-state index contributed by atoms with van der Waals surface area (Å²) < 4.78 is 61.2. The Morgan fingerprint density at radius 1 is 0.971 bits per heavy atom. The number of nitrogens with one attached hydrogen (secondary N) is 1. The molecule has 1 saturated heterocycles. The van der Waals surface area contributed by atoms with E-state index in [1.807, 2.05) is 0 Å². The Balaban J connectivity index is 1.72. The maximum absolute atomic E-state index is 13.7. The molecule has 12 heteroatoms. The van der Waals surface area contributed by atoms with E-state index in [0.29, 0.717) is 5.52 Å². The molecule has 1 aliphatic rings. The van der Waals surface area contributed by atoms with Crippen molar-refractivity contribution >= 4 is 48.5 Å². The van der Waals surface area contributed by atoms with Crippen LogP contribution in [0.1, 0.15) is 20.8 Å². The minimum absolute atomic E-state index is 0.00635. The van der Waals surface area contributed by atoms with Gasteiger partial charge in [-0.15, -0.1) is 0 Å². The number of hydrogen-bond acceptors (Lipinski definition) is 6.